The molecule has 0 fully saturated rings. The predicted molar refractivity (Wildman–Crippen MR) is 85.6 cm³/mol. The Labute approximate surface area is 131 Å². The van der Waals surface area contributed by atoms with Gasteiger partial charge in [-0.1, -0.05) is 30.3 Å². The van der Waals surface area contributed by atoms with E-state index in [0.717, 1.165) is 15.4 Å². The van der Waals surface area contributed by atoms with E-state index in [1.165, 1.54) is 0 Å². The zero-order valence-electron chi connectivity index (χ0n) is 11.5. The molecule has 0 radical (unpaired) electrons. The van der Waals surface area contributed by atoms with Gasteiger partial charge in [0, 0.05) is 10.9 Å². The lowest BCUT2D eigenvalue weighted by molar-refractivity contribution is 0.186. The molecule has 1 N–H and O–H groups in total. The van der Waals surface area contributed by atoms with Crippen molar-refractivity contribution in [1.29, 1.82) is 0 Å². The number of hydrogen-bond donors (Lipinski definition) is 1. The van der Waals surface area contributed by atoms with Gasteiger partial charge in [0.05, 0.1) is 11.1 Å². The fourth-order valence-electron chi connectivity index (χ4n) is 2.33. The average Bonchev–Trinajstić information content (AvgIpc) is 2.93. The minimum atomic E-state index is -0.855. The summed E-state index contributed by atoms with van der Waals surface area (Å²) in [6, 6.07) is 15.1. The van der Waals surface area contributed by atoms with E-state index in [1.54, 1.807) is 0 Å². The number of aliphatic hydroxyl groups is 1. The van der Waals surface area contributed by atoms with Gasteiger partial charge in [-0.05, 0) is 41.1 Å². The fraction of sp³-hybridized carbons (Fsp3) is 0.176. The van der Waals surface area contributed by atoms with Crippen molar-refractivity contribution in [3.63, 3.8) is 0 Å². The second-order valence-corrected chi connectivity index (χ2v) is 5.53. The van der Waals surface area contributed by atoms with Crippen molar-refractivity contribution >= 4 is 26.9 Å². The third kappa shape index (κ3) is 2.69. The predicted octanol–water partition coefficient (Wildman–Crippen LogP) is 4.68. The first kappa shape index (κ1) is 14.2. The molecule has 0 saturated heterocycles. The van der Waals surface area contributed by atoms with Gasteiger partial charge in [-0.3, -0.25) is 0 Å². The number of ether oxygens (including phenoxy) is 1. The van der Waals surface area contributed by atoms with Gasteiger partial charge in [0.15, 0.2) is 0 Å². The normalized spacial score (nSPS) is 12.5. The molecule has 0 aliphatic carbocycles. The van der Waals surface area contributed by atoms with Crippen LogP contribution in [0, 0.1) is 0 Å². The molecule has 0 aliphatic rings. The highest BCUT2D eigenvalue weighted by Crippen LogP contribution is 2.35. The highest BCUT2D eigenvalue weighted by molar-refractivity contribution is 9.10. The molecule has 3 aromatic rings. The van der Waals surface area contributed by atoms with E-state index in [1.807, 2.05) is 55.5 Å². The number of aliphatic hydroxyl groups excluding tert-OH is 1. The van der Waals surface area contributed by atoms with Gasteiger partial charge in [-0.25, -0.2) is 0 Å². The Hall–Kier alpha value is -1.78. The molecule has 1 heterocycles. The summed E-state index contributed by atoms with van der Waals surface area (Å²) in [5.41, 5.74) is 1.44. The summed E-state index contributed by atoms with van der Waals surface area (Å²) >= 11 is 3.45. The molecule has 0 saturated carbocycles. The molecule has 0 spiro atoms. The Balaban J connectivity index is 2.04. The molecular formula is C17H15BrO3. The van der Waals surface area contributed by atoms with Crippen molar-refractivity contribution in [1.82, 2.24) is 0 Å². The van der Waals surface area contributed by atoms with Crippen LogP contribution >= 0.6 is 15.9 Å². The summed E-state index contributed by atoms with van der Waals surface area (Å²) < 4.78 is 12.2. The first-order valence-electron chi connectivity index (χ1n) is 6.78. The number of benzene rings is 2. The Morgan fingerprint density at radius 3 is 2.76 bits per heavy atom. The molecule has 1 aromatic heterocycles. The average molecular weight is 347 g/mol. The smallest absolute Gasteiger partial charge is 0.148 e. The van der Waals surface area contributed by atoms with Crippen molar-refractivity contribution in [3.8, 4) is 5.75 Å². The molecule has 4 heteroatoms. The van der Waals surface area contributed by atoms with Crippen LogP contribution in [0.25, 0.3) is 11.0 Å². The first-order chi connectivity index (χ1) is 10.2. The lowest BCUT2D eigenvalue weighted by atomic mass is 10.1. The molecule has 1 unspecified atom stereocenters. The minimum Gasteiger partial charge on any atom is -0.493 e. The lowest BCUT2D eigenvalue weighted by Gasteiger charge is -2.13. The molecule has 0 aliphatic heterocycles. The van der Waals surface area contributed by atoms with Crippen LogP contribution in [0.2, 0.25) is 0 Å². The van der Waals surface area contributed by atoms with E-state index >= 15 is 0 Å². The van der Waals surface area contributed by atoms with Gasteiger partial charge in [-0.2, -0.15) is 0 Å². The molecular weight excluding hydrogens is 332 g/mol. The van der Waals surface area contributed by atoms with Gasteiger partial charge < -0.3 is 14.3 Å². The van der Waals surface area contributed by atoms with E-state index in [9.17, 15) is 5.11 Å². The van der Waals surface area contributed by atoms with E-state index in [-0.39, 0.29) is 0 Å². The van der Waals surface area contributed by atoms with Gasteiger partial charge >= 0.3 is 0 Å². The number of halogens is 1. The van der Waals surface area contributed by atoms with Crippen LogP contribution in [0.15, 0.2) is 57.4 Å². The third-order valence-corrected chi connectivity index (χ3v) is 3.92. The van der Waals surface area contributed by atoms with E-state index in [2.05, 4.69) is 15.9 Å². The minimum absolute atomic E-state index is 0.504. The molecule has 3 nitrogen and oxygen atoms in total. The van der Waals surface area contributed by atoms with Crippen LogP contribution in [0.4, 0.5) is 0 Å². The van der Waals surface area contributed by atoms with E-state index < -0.39 is 6.10 Å². The maximum atomic E-state index is 10.6. The second-order valence-electron chi connectivity index (χ2n) is 4.68. The first-order valence-corrected chi connectivity index (χ1v) is 7.57. The Kier molecular flexibility index (Phi) is 3.99. The molecule has 1 atom stereocenters. The summed E-state index contributed by atoms with van der Waals surface area (Å²) in [7, 11) is 0. The largest absolute Gasteiger partial charge is 0.493 e. The van der Waals surface area contributed by atoms with Crippen LogP contribution < -0.4 is 4.74 Å². The Bertz CT molecular complexity index is 764. The van der Waals surface area contributed by atoms with Crippen molar-refractivity contribution < 1.29 is 14.3 Å². The summed E-state index contributed by atoms with van der Waals surface area (Å²) in [5, 5.41) is 11.6. The zero-order valence-corrected chi connectivity index (χ0v) is 13.1. The Morgan fingerprint density at radius 2 is 2.00 bits per heavy atom. The van der Waals surface area contributed by atoms with Crippen molar-refractivity contribution in [2.45, 2.75) is 13.0 Å². The van der Waals surface area contributed by atoms with Crippen molar-refractivity contribution in [2.75, 3.05) is 6.61 Å². The maximum Gasteiger partial charge on any atom is 0.148 e. The van der Waals surface area contributed by atoms with Crippen molar-refractivity contribution in [3.05, 3.63) is 64.3 Å². The molecule has 21 heavy (non-hydrogen) atoms. The van der Waals surface area contributed by atoms with Crippen LogP contribution in [0.5, 0.6) is 5.75 Å². The SMILES string of the molecule is CCOc1ccccc1C(O)c1cc2cccc(Br)c2o1. The molecule has 0 bridgehead atoms. The number of furan rings is 1. The van der Waals surface area contributed by atoms with E-state index in [4.69, 9.17) is 9.15 Å². The number of rotatable bonds is 4. The number of fused-ring (bicyclic) bond motifs is 1. The summed E-state index contributed by atoms with van der Waals surface area (Å²) in [5.74, 6) is 1.18. The van der Waals surface area contributed by atoms with Crippen LogP contribution in [-0.2, 0) is 0 Å². The van der Waals surface area contributed by atoms with Gasteiger partial charge in [0.25, 0.3) is 0 Å². The maximum absolute atomic E-state index is 10.6. The second kappa shape index (κ2) is 5.92. The number of para-hydroxylation sites is 2. The van der Waals surface area contributed by atoms with Gasteiger partial charge in [0.1, 0.15) is 23.2 Å². The molecule has 108 valence electrons. The van der Waals surface area contributed by atoms with Crippen LogP contribution in [0.1, 0.15) is 24.4 Å². The fourth-order valence-corrected chi connectivity index (χ4v) is 2.79. The monoisotopic (exact) mass is 346 g/mol. The lowest BCUT2D eigenvalue weighted by Crippen LogP contribution is -2.02. The highest BCUT2D eigenvalue weighted by atomic mass is 79.9. The van der Waals surface area contributed by atoms with Crippen molar-refractivity contribution in [2.24, 2.45) is 0 Å². The molecule has 2 aromatic carbocycles. The summed E-state index contributed by atoms with van der Waals surface area (Å²) in [4.78, 5) is 0. The highest BCUT2D eigenvalue weighted by Gasteiger charge is 2.19. The van der Waals surface area contributed by atoms with Crippen LogP contribution in [0.3, 0.4) is 0 Å². The standard InChI is InChI=1S/C17H15BrO3/c1-2-20-14-9-4-3-7-12(14)16(19)15-10-11-6-5-8-13(18)17(11)21-15/h3-10,16,19H,2H2,1H3. The van der Waals surface area contributed by atoms with E-state index in [0.29, 0.717) is 23.7 Å². The topological polar surface area (TPSA) is 42.6 Å². The Morgan fingerprint density at radius 1 is 1.19 bits per heavy atom. The molecule has 0 amide bonds. The third-order valence-electron chi connectivity index (χ3n) is 3.30. The quantitative estimate of drug-likeness (QED) is 0.745. The summed E-state index contributed by atoms with van der Waals surface area (Å²) in [6.45, 7) is 2.47. The zero-order chi connectivity index (χ0) is 14.8. The van der Waals surface area contributed by atoms with Gasteiger partial charge in [0.2, 0.25) is 0 Å². The van der Waals surface area contributed by atoms with Gasteiger partial charge in [-0.15, -0.1) is 0 Å². The van der Waals surface area contributed by atoms with Crippen LogP contribution in [-0.4, -0.2) is 11.7 Å². The number of hydrogen-bond acceptors (Lipinski definition) is 3. The summed E-state index contributed by atoms with van der Waals surface area (Å²) in [6.07, 6.45) is -0.855. The molecule has 3 rings (SSSR count).